The first-order valence-electron chi connectivity index (χ1n) is 5.99. The number of benzene rings is 1. The van der Waals surface area contributed by atoms with Gasteiger partial charge < -0.3 is 10.2 Å². The van der Waals surface area contributed by atoms with Gasteiger partial charge in [-0.1, -0.05) is 36.9 Å². The molecule has 0 saturated carbocycles. The first-order valence-corrected chi connectivity index (χ1v) is 5.99. The van der Waals surface area contributed by atoms with E-state index >= 15 is 0 Å². The van der Waals surface area contributed by atoms with Gasteiger partial charge >= 0.3 is 0 Å². The van der Waals surface area contributed by atoms with E-state index in [1.54, 1.807) is 0 Å². The maximum Gasteiger partial charge on any atom is 0.182 e. The minimum absolute atomic E-state index is 0. The molecule has 3 nitrogen and oxygen atoms in total. The molecule has 0 radical (unpaired) electrons. The molecule has 0 amide bonds. The molecular formula is C14H19ClN2O. The van der Waals surface area contributed by atoms with Crippen LogP contribution in [0.15, 0.2) is 42.6 Å². The molecule has 0 atom stereocenters. The Balaban J connectivity index is 0.00000162. The zero-order chi connectivity index (χ0) is 12.1. The average Bonchev–Trinajstić information content (AvgIpc) is 2.40. The van der Waals surface area contributed by atoms with Crippen molar-refractivity contribution in [3.63, 3.8) is 0 Å². The Morgan fingerprint density at radius 3 is 2.44 bits per heavy atom. The van der Waals surface area contributed by atoms with Gasteiger partial charge in [0.25, 0.3) is 0 Å². The van der Waals surface area contributed by atoms with Crippen molar-refractivity contribution in [1.29, 1.82) is 0 Å². The fourth-order valence-corrected chi connectivity index (χ4v) is 1.99. The van der Waals surface area contributed by atoms with Crippen LogP contribution in [0.25, 0.3) is 0 Å². The molecule has 98 valence electrons. The molecule has 0 aromatic heterocycles. The molecule has 0 bridgehead atoms. The number of carbonyl (C=O) groups excluding carboxylic acids is 1. The van der Waals surface area contributed by atoms with E-state index in [2.05, 4.69) is 16.8 Å². The lowest BCUT2D eigenvalue weighted by Crippen LogP contribution is -2.44. The van der Waals surface area contributed by atoms with Gasteiger partial charge in [-0.25, -0.2) is 0 Å². The van der Waals surface area contributed by atoms with Crippen LogP contribution in [0.4, 0.5) is 0 Å². The minimum Gasteiger partial charge on any atom is -0.367 e. The molecule has 18 heavy (non-hydrogen) atoms. The maximum atomic E-state index is 12.1. The quantitative estimate of drug-likeness (QED) is 0.841. The number of piperazine rings is 1. The van der Waals surface area contributed by atoms with Crippen LogP contribution in [-0.4, -0.2) is 36.9 Å². The van der Waals surface area contributed by atoms with Gasteiger partial charge in [0.05, 0.1) is 5.70 Å². The third kappa shape index (κ3) is 3.86. The monoisotopic (exact) mass is 266 g/mol. The number of rotatable bonds is 4. The molecule has 1 aromatic rings. The van der Waals surface area contributed by atoms with Crippen LogP contribution < -0.4 is 5.32 Å². The number of hydrogen-bond acceptors (Lipinski definition) is 3. The Labute approximate surface area is 114 Å². The van der Waals surface area contributed by atoms with Crippen LogP contribution >= 0.6 is 12.4 Å². The smallest absolute Gasteiger partial charge is 0.182 e. The summed E-state index contributed by atoms with van der Waals surface area (Å²) in [6, 6.07) is 9.82. The average molecular weight is 267 g/mol. The molecule has 1 aliphatic heterocycles. The zero-order valence-corrected chi connectivity index (χ0v) is 11.2. The van der Waals surface area contributed by atoms with Gasteiger partial charge in [0.2, 0.25) is 0 Å². The van der Waals surface area contributed by atoms with E-state index in [1.165, 1.54) is 0 Å². The van der Waals surface area contributed by atoms with E-state index in [-0.39, 0.29) is 18.2 Å². The fraction of sp³-hybridized carbons (Fsp3) is 0.357. The second-order valence-corrected chi connectivity index (χ2v) is 4.27. The summed E-state index contributed by atoms with van der Waals surface area (Å²) >= 11 is 0. The number of allylic oxidation sites excluding steroid dienone is 1. The summed E-state index contributed by atoms with van der Waals surface area (Å²) in [7, 11) is 0. The highest BCUT2D eigenvalue weighted by Crippen LogP contribution is 2.09. The predicted octanol–water partition coefficient (Wildman–Crippen LogP) is 1.64. The van der Waals surface area contributed by atoms with Crippen LogP contribution in [-0.2, 0) is 11.2 Å². The topological polar surface area (TPSA) is 32.3 Å². The Hall–Kier alpha value is -1.32. The molecule has 1 saturated heterocycles. The van der Waals surface area contributed by atoms with E-state index in [1.807, 2.05) is 30.3 Å². The Morgan fingerprint density at radius 1 is 1.22 bits per heavy atom. The number of ketones is 1. The number of carbonyl (C=O) groups is 1. The van der Waals surface area contributed by atoms with Crippen molar-refractivity contribution in [1.82, 2.24) is 10.2 Å². The molecule has 0 aliphatic carbocycles. The van der Waals surface area contributed by atoms with Crippen LogP contribution in [0.5, 0.6) is 0 Å². The second-order valence-electron chi connectivity index (χ2n) is 4.27. The van der Waals surface area contributed by atoms with Crippen molar-refractivity contribution < 1.29 is 4.79 Å². The lowest BCUT2D eigenvalue weighted by Gasteiger charge is -2.30. The van der Waals surface area contributed by atoms with Crippen molar-refractivity contribution >= 4 is 18.2 Å². The Bertz CT molecular complexity index is 400. The highest BCUT2D eigenvalue weighted by Gasteiger charge is 2.17. The lowest BCUT2D eigenvalue weighted by atomic mass is 10.1. The van der Waals surface area contributed by atoms with Crippen molar-refractivity contribution in [2.45, 2.75) is 6.42 Å². The van der Waals surface area contributed by atoms with Crippen LogP contribution in [0.3, 0.4) is 0 Å². The van der Waals surface area contributed by atoms with Crippen molar-refractivity contribution in [2.24, 2.45) is 0 Å². The number of Topliss-reactive ketones (excluding diaryl/α,β-unsaturated/α-hetero) is 1. The number of nitrogens with zero attached hydrogens (tertiary/aromatic N) is 1. The van der Waals surface area contributed by atoms with Gasteiger partial charge in [0.15, 0.2) is 5.78 Å². The van der Waals surface area contributed by atoms with Gasteiger partial charge in [0, 0.05) is 32.6 Å². The summed E-state index contributed by atoms with van der Waals surface area (Å²) < 4.78 is 0. The van der Waals surface area contributed by atoms with Gasteiger partial charge in [-0.2, -0.15) is 0 Å². The van der Waals surface area contributed by atoms with E-state index in [9.17, 15) is 4.79 Å². The summed E-state index contributed by atoms with van der Waals surface area (Å²) in [4.78, 5) is 14.1. The summed E-state index contributed by atoms with van der Waals surface area (Å²) in [6.45, 7) is 7.53. The largest absolute Gasteiger partial charge is 0.367 e. The molecule has 1 N–H and O–H groups in total. The number of nitrogens with one attached hydrogen (secondary N) is 1. The van der Waals surface area contributed by atoms with E-state index < -0.39 is 0 Å². The molecule has 1 aliphatic rings. The van der Waals surface area contributed by atoms with E-state index in [0.29, 0.717) is 12.1 Å². The normalized spacial score (nSPS) is 14.8. The summed E-state index contributed by atoms with van der Waals surface area (Å²) in [6.07, 6.45) is 0.448. The fourth-order valence-electron chi connectivity index (χ4n) is 1.99. The van der Waals surface area contributed by atoms with Gasteiger partial charge in [-0.05, 0) is 5.56 Å². The van der Waals surface area contributed by atoms with Crippen molar-refractivity contribution in [3.05, 3.63) is 48.2 Å². The second kappa shape index (κ2) is 7.19. The molecule has 0 spiro atoms. The number of halogens is 1. The molecule has 1 fully saturated rings. The molecule has 1 heterocycles. The van der Waals surface area contributed by atoms with Gasteiger partial charge in [-0.15, -0.1) is 12.4 Å². The van der Waals surface area contributed by atoms with Crippen molar-refractivity contribution in [2.75, 3.05) is 26.2 Å². The summed E-state index contributed by atoms with van der Waals surface area (Å²) in [5.74, 6) is 0.123. The third-order valence-corrected chi connectivity index (χ3v) is 3.03. The minimum atomic E-state index is 0. The zero-order valence-electron chi connectivity index (χ0n) is 10.4. The molecular weight excluding hydrogens is 248 g/mol. The first-order chi connectivity index (χ1) is 8.27. The van der Waals surface area contributed by atoms with E-state index in [0.717, 1.165) is 31.7 Å². The maximum absolute atomic E-state index is 12.1. The Morgan fingerprint density at radius 2 is 1.83 bits per heavy atom. The molecule has 4 heteroatoms. The summed E-state index contributed by atoms with van der Waals surface area (Å²) in [5.41, 5.74) is 1.70. The molecule has 0 unspecified atom stereocenters. The number of hydrogen-bond donors (Lipinski definition) is 1. The third-order valence-electron chi connectivity index (χ3n) is 3.03. The highest BCUT2D eigenvalue weighted by molar-refractivity contribution is 5.95. The van der Waals surface area contributed by atoms with Crippen molar-refractivity contribution in [3.8, 4) is 0 Å². The SMILES string of the molecule is C=C(C(=O)Cc1ccccc1)N1CCNCC1.Cl. The summed E-state index contributed by atoms with van der Waals surface area (Å²) in [5, 5.41) is 3.26. The lowest BCUT2D eigenvalue weighted by molar-refractivity contribution is -0.116. The standard InChI is InChI=1S/C14H18N2O.ClH/c1-12(16-9-7-15-8-10-16)14(17)11-13-5-3-2-4-6-13;/h2-6,15H,1,7-11H2;1H. The predicted molar refractivity (Wildman–Crippen MR) is 76.0 cm³/mol. The first kappa shape index (κ1) is 14.7. The highest BCUT2D eigenvalue weighted by atomic mass is 35.5. The van der Waals surface area contributed by atoms with E-state index in [4.69, 9.17) is 0 Å². The molecule has 2 rings (SSSR count). The Kier molecular flexibility index (Phi) is 5.89. The van der Waals surface area contributed by atoms with Crippen LogP contribution in [0, 0.1) is 0 Å². The van der Waals surface area contributed by atoms with Gasteiger partial charge in [-0.3, -0.25) is 4.79 Å². The van der Waals surface area contributed by atoms with Crippen LogP contribution in [0.2, 0.25) is 0 Å². The van der Waals surface area contributed by atoms with Crippen LogP contribution in [0.1, 0.15) is 5.56 Å². The van der Waals surface area contributed by atoms with Gasteiger partial charge in [0.1, 0.15) is 0 Å². The molecule has 1 aromatic carbocycles.